The van der Waals surface area contributed by atoms with Gasteiger partial charge in [-0.05, 0) is 30.7 Å². The molecule has 0 bridgehead atoms. The molecule has 0 radical (unpaired) electrons. The highest BCUT2D eigenvalue weighted by Crippen LogP contribution is 2.23. The molecule has 124 valence electrons. The number of benzene rings is 1. The molecule has 1 fully saturated rings. The highest BCUT2D eigenvalue weighted by Gasteiger charge is 2.20. The molecule has 0 aliphatic carbocycles. The molecule has 0 aromatic heterocycles. The molecule has 1 aromatic carbocycles. The number of nitrogens with zero attached hydrogens (tertiary/aromatic N) is 1. The van der Waals surface area contributed by atoms with E-state index in [-0.39, 0.29) is 11.9 Å². The highest BCUT2D eigenvalue weighted by molar-refractivity contribution is 7.92. The number of nitrogens with one attached hydrogen (secondary N) is 1. The SMILES string of the molecule is CCN1CCOC(c2ccc(NS(=O)(=O)CCCCl)cc2)C1. The van der Waals surface area contributed by atoms with E-state index in [9.17, 15) is 8.42 Å². The predicted octanol–water partition coefficient (Wildman–Crippen LogP) is 2.45. The Bertz CT molecular complexity index is 563. The van der Waals surface area contributed by atoms with E-state index >= 15 is 0 Å². The largest absolute Gasteiger partial charge is 0.371 e. The maximum absolute atomic E-state index is 11.8. The first kappa shape index (κ1) is 17.5. The molecule has 1 unspecified atom stereocenters. The fraction of sp³-hybridized carbons (Fsp3) is 0.600. The molecule has 1 heterocycles. The van der Waals surface area contributed by atoms with E-state index in [2.05, 4.69) is 16.5 Å². The van der Waals surface area contributed by atoms with Crippen LogP contribution in [0.25, 0.3) is 0 Å². The number of likely N-dealkylation sites (N-methyl/N-ethyl adjacent to an activating group) is 1. The predicted molar refractivity (Wildman–Crippen MR) is 90.0 cm³/mol. The van der Waals surface area contributed by atoms with Gasteiger partial charge in [-0.15, -0.1) is 11.6 Å². The number of sulfonamides is 1. The molecule has 1 N–H and O–H groups in total. The lowest BCUT2D eigenvalue weighted by atomic mass is 10.1. The van der Waals surface area contributed by atoms with E-state index in [1.807, 2.05) is 12.1 Å². The average molecular weight is 347 g/mol. The summed E-state index contributed by atoms with van der Waals surface area (Å²) in [6.45, 7) is 5.72. The summed E-state index contributed by atoms with van der Waals surface area (Å²) in [4.78, 5) is 2.34. The second-order valence-corrected chi connectivity index (χ2v) is 7.56. The Morgan fingerprint density at radius 2 is 2.09 bits per heavy atom. The maximum atomic E-state index is 11.8. The van der Waals surface area contributed by atoms with Gasteiger partial charge in [-0.1, -0.05) is 19.1 Å². The lowest BCUT2D eigenvalue weighted by Gasteiger charge is -2.32. The normalized spacial score (nSPS) is 20.0. The number of anilines is 1. The van der Waals surface area contributed by atoms with Crippen LogP contribution in [0.15, 0.2) is 24.3 Å². The van der Waals surface area contributed by atoms with Crippen molar-refractivity contribution in [3.63, 3.8) is 0 Å². The first-order valence-corrected chi connectivity index (χ1v) is 9.73. The molecule has 7 heteroatoms. The Morgan fingerprint density at radius 1 is 1.36 bits per heavy atom. The first-order chi connectivity index (χ1) is 10.5. The summed E-state index contributed by atoms with van der Waals surface area (Å²) in [7, 11) is -3.32. The van der Waals surface area contributed by atoms with Crippen LogP contribution >= 0.6 is 11.6 Å². The summed E-state index contributed by atoms with van der Waals surface area (Å²) in [6.07, 6.45) is 0.494. The van der Waals surface area contributed by atoms with Crippen molar-refractivity contribution in [2.45, 2.75) is 19.4 Å². The number of rotatable bonds is 7. The van der Waals surface area contributed by atoms with Gasteiger partial charge < -0.3 is 4.74 Å². The number of morpholine rings is 1. The van der Waals surface area contributed by atoms with E-state index in [1.54, 1.807) is 12.1 Å². The third-order valence-electron chi connectivity index (χ3n) is 3.70. The van der Waals surface area contributed by atoms with Gasteiger partial charge in [-0.25, -0.2) is 8.42 Å². The van der Waals surface area contributed by atoms with Gasteiger partial charge >= 0.3 is 0 Å². The van der Waals surface area contributed by atoms with E-state index in [0.717, 1.165) is 31.8 Å². The summed E-state index contributed by atoms with van der Waals surface area (Å²) < 4.78 is 32.0. The standard InChI is InChI=1S/C15H23ClN2O3S/c1-2-18-9-10-21-15(12-18)13-4-6-14(7-5-13)17-22(19,20)11-3-8-16/h4-7,15,17H,2-3,8-12H2,1H3. The molecular formula is C15H23ClN2O3S. The fourth-order valence-corrected chi connectivity index (χ4v) is 3.85. The van der Waals surface area contributed by atoms with Crippen LogP contribution < -0.4 is 4.72 Å². The molecule has 2 rings (SSSR count). The summed E-state index contributed by atoms with van der Waals surface area (Å²) >= 11 is 5.53. The number of ether oxygens (including phenoxy) is 1. The summed E-state index contributed by atoms with van der Waals surface area (Å²) in [5.41, 5.74) is 1.64. The zero-order chi connectivity index (χ0) is 16.0. The molecule has 0 spiro atoms. The van der Waals surface area contributed by atoms with Crippen molar-refractivity contribution in [2.24, 2.45) is 0 Å². The van der Waals surface area contributed by atoms with Crippen LogP contribution in [0.5, 0.6) is 0 Å². The molecule has 0 saturated carbocycles. The second kappa shape index (κ2) is 8.15. The highest BCUT2D eigenvalue weighted by atomic mass is 35.5. The number of hydrogen-bond donors (Lipinski definition) is 1. The fourth-order valence-electron chi connectivity index (χ4n) is 2.43. The quantitative estimate of drug-likeness (QED) is 0.770. The van der Waals surface area contributed by atoms with Crippen molar-refractivity contribution in [1.29, 1.82) is 0 Å². The van der Waals surface area contributed by atoms with E-state index in [1.165, 1.54) is 0 Å². The minimum Gasteiger partial charge on any atom is -0.371 e. The van der Waals surface area contributed by atoms with Crippen LogP contribution in [0.3, 0.4) is 0 Å². The summed E-state index contributed by atoms with van der Waals surface area (Å²) in [5.74, 6) is 0.377. The van der Waals surface area contributed by atoms with Gasteiger partial charge in [0.2, 0.25) is 10.0 Å². The van der Waals surface area contributed by atoms with Gasteiger partial charge in [0.15, 0.2) is 0 Å². The first-order valence-electron chi connectivity index (χ1n) is 7.54. The zero-order valence-corrected chi connectivity index (χ0v) is 14.4. The van der Waals surface area contributed by atoms with Crippen LogP contribution in [0.4, 0.5) is 5.69 Å². The van der Waals surface area contributed by atoms with Gasteiger partial charge in [0.1, 0.15) is 0 Å². The topological polar surface area (TPSA) is 58.6 Å². The van der Waals surface area contributed by atoms with Crippen molar-refractivity contribution in [2.75, 3.05) is 42.6 Å². The number of hydrogen-bond acceptors (Lipinski definition) is 4. The van der Waals surface area contributed by atoms with Crippen molar-refractivity contribution in [1.82, 2.24) is 4.90 Å². The van der Waals surface area contributed by atoms with E-state index < -0.39 is 10.0 Å². The van der Waals surface area contributed by atoms with Crippen LogP contribution in [0.2, 0.25) is 0 Å². The molecule has 1 saturated heterocycles. The van der Waals surface area contributed by atoms with Crippen LogP contribution in [-0.4, -0.2) is 51.2 Å². The van der Waals surface area contributed by atoms with Crippen molar-refractivity contribution in [3.8, 4) is 0 Å². The minimum absolute atomic E-state index is 0.0372. The molecule has 5 nitrogen and oxygen atoms in total. The second-order valence-electron chi connectivity index (χ2n) is 5.34. The lowest BCUT2D eigenvalue weighted by Crippen LogP contribution is -2.38. The smallest absolute Gasteiger partial charge is 0.232 e. The van der Waals surface area contributed by atoms with Crippen molar-refractivity contribution >= 4 is 27.3 Å². The summed E-state index contributed by atoms with van der Waals surface area (Å²) in [6, 6.07) is 7.40. The minimum atomic E-state index is -3.32. The Kier molecular flexibility index (Phi) is 6.50. The number of halogens is 1. The molecule has 1 atom stereocenters. The Morgan fingerprint density at radius 3 is 2.73 bits per heavy atom. The third-order valence-corrected chi connectivity index (χ3v) is 5.34. The molecule has 22 heavy (non-hydrogen) atoms. The molecule has 1 aliphatic heterocycles. The molecule has 1 aromatic rings. The third kappa shape index (κ3) is 5.12. The van der Waals surface area contributed by atoms with Gasteiger partial charge in [-0.3, -0.25) is 9.62 Å². The van der Waals surface area contributed by atoms with Gasteiger partial charge in [0.25, 0.3) is 0 Å². The van der Waals surface area contributed by atoms with Gasteiger partial charge in [-0.2, -0.15) is 0 Å². The van der Waals surface area contributed by atoms with Crippen molar-refractivity contribution in [3.05, 3.63) is 29.8 Å². The monoisotopic (exact) mass is 346 g/mol. The zero-order valence-electron chi connectivity index (χ0n) is 12.8. The molecule has 1 aliphatic rings. The maximum Gasteiger partial charge on any atom is 0.232 e. The van der Waals surface area contributed by atoms with Crippen LogP contribution in [0.1, 0.15) is 25.0 Å². The summed E-state index contributed by atoms with van der Waals surface area (Å²) in [5, 5.41) is 0. The van der Waals surface area contributed by atoms with E-state index in [0.29, 0.717) is 18.0 Å². The average Bonchev–Trinajstić information content (AvgIpc) is 2.53. The lowest BCUT2D eigenvalue weighted by molar-refractivity contribution is -0.0281. The van der Waals surface area contributed by atoms with Gasteiger partial charge in [0, 0.05) is 24.7 Å². The Hall–Kier alpha value is -0.820. The number of alkyl halides is 1. The Labute approximate surface area is 137 Å². The van der Waals surface area contributed by atoms with Crippen LogP contribution in [-0.2, 0) is 14.8 Å². The molecular weight excluding hydrogens is 324 g/mol. The van der Waals surface area contributed by atoms with Crippen molar-refractivity contribution < 1.29 is 13.2 Å². The van der Waals surface area contributed by atoms with Crippen LogP contribution in [0, 0.1) is 0 Å². The van der Waals surface area contributed by atoms with E-state index in [4.69, 9.17) is 16.3 Å². The Balaban J connectivity index is 1.98. The molecule has 0 amide bonds. The van der Waals surface area contributed by atoms with Gasteiger partial charge in [0.05, 0.1) is 18.5 Å².